The maximum absolute atomic E-state index is 12.1. The van der Waals surface area contributed by atoms with E-state index >= 15 is 0 Å². The minimum Gasteiger partial charge on any atom is -0.343 e. The third-order valence-corrected chi connectivity index (χ3v) is 3.55. The zero-order valence-corrected chi connectivity index (χ0v) is 9.87. The Morgan fingerprint density at radius 3 is 2.94 bits per heavy atom. The van der Waals surface area contributed by atoms with Crippen molar-refractivity contribution in [3.8, 4) is 0 Å². The zero-order chi connectivity index (χ0) is 11.5. The lowest BCUT2D eigenvalue weighted by molar-refractivity contribution is -0.147. The molecule has 0 aromatic heterocycles. The lowest BCUT2D eigenvalue weighted by atomic mass is 10.0. The fourth-order valence-corrected chi connectivity index (χ4v) is 2.63. The van der Waals surface area contributed by atoms with Crippen LogP contribution in [0, 0.1) is 0 Å². The standard InChI is InChI=1S/C12H20N2O2/c1-2-3-4-6-9-12(16)14-8-5-7-10(14)11(15)13-9/h9-10H,2-8H2,1H3,(H,13,15)/t9-,10?/m0/s1. The highest BCUT2D eigenvalue weighted by Crippen LogP contribution is 2.23. The van der Waals surface area contributed by atoms with Crippen LogP contribution in [0.15, 0.2) is 0 Å². The molecule has 2 aliphatic heterocycles. The first-order valence-electron chi connectivity index (χ1n) is 6.35. The Bertz CT molecular complexity index is 291. The predicted octanol–water partition coefficient (Wildman–Crippen LogP) is 1.06. The summed E-state index contributed by atoms with van der Waals surface area (Å²) in [5.74, 6) is 0.191. The van der Waals surface area contributed by atoms with E-state index in [4.69, 9.17) is 0 Å². The van der Waals surface area contributed by atoms with Gasteiger partial charge in [-0.15, -0.1) is 0 Å². The van der Waals surface area contributed by atoms with Crippen molar-refractivity contribution in [3.63, 3.8) is 0 Å². The quantitative estimate of drug-likeness (QED) is 0.726. The number of carbonyl (C=O) groups is 2. The smallest absolute Gasteiger partial charge is 0.245 e. The van der Waals surface area contributed by atoms with Gasteiger partial charge >= 0.3 is 0 Å². The van der Waals surface area contributed by atoms with Crippen molar-refractivity contribution in [2.24, 2.45) is 0 Å². The van der Waals surface area contributed by atoms with Crippen LogP contribution in [-0.4, -0.2) is 35.3 Å². The molecule has 2 saturated heterocycles. The molecule has 4 nitrogen and oxygen atoms in total. The topological polar surface area (TPSA) is 49.4 Å². The van der Waals surface area contributed by atoms with Gasteiger partial charge in [0.2, 0.25) is 11.8 Å². The minimum atomic E-state index is -0.256. The molecule has 2 heterocycles. The summed E-state index contributed by atoms with van der Waals surface area (Å²) < 4.78 is 0. The third kappa shape index (κ3) is 2.06. The average molecular weight is 224 g/mol. The van der Waals surface area contributed by atoms with Crippen molar-refractivity contribution >= 4 is 11.8 Å². The normalized spacial score (nSPS) is 29.2. The molecule has 90 valence electrons. The lowest BCUT2D eigenvalue weighted by Gasteiger charge is -2.34. The van der Waals surface area contributed by atoms with E-state index < -0.39 is 0 Å². The van der Waals surface area contributed by atoms with Gasteiger partial charge in [0.15, 0.2) is 0 Å². The van der Waals surface area contributed by atoms with E-state index in [9.17, 15) is 9.59 Å². The first-order chi connectivity index (χ1) is 7.74. The highest BCUT2D eigenvalue weighted by Gasteiger charge is 2.42. The van der Waals surface area contributed by atoms with Gasteiger partial charge in [0.05, 0.1) is 0 Å². The maximum Gasteiger partial charge on any atom is 0.245 e. The summed E-state index contributed by atoms with van der Waals surface area (Å²) in [4.78, 5) is 25.6. The summed E-state index contributed by atoms with van der Waals surface area (Å²) in [5, 5.41) is 2.87. The molecule has 0 aromatic carbocycles. The van der Waals surface area contributed by atoms with Crippen molar-refractivity contribution in [2.75, 3.05) is 6.54 Å². The van der Waals surface area contributed by atoms with E-state index in [1.165, 1.54) is 0 Å². The molecule has 2 rings (SSSR count). The van der Waals surface area contributed by atoms with E-state index in [0.717, 1.165) is 45.1 Å². The largest absolute Gasteiger partial charge is 0.343 e. The van der Waals surface area contributed by atoms with Gasteiger partial charge in [0.1, 0.15) is 12.1 Å². The maximum atomic E-state index is 12.1. The van der Waals surface area contributed by atoms with E-state index in [1.807, 2.05) is 0 Å². The van der Waals surface area contributed by atoms with Crippen molar-refractivity contribution in [2.45, 2.75) is 57.5 Å². The Balaban J connectivity index is 1.94. The molecular weight excluding hydrogens is 204 g/mol. The number of unbranched alkanes of at least 4 members (excludes halogenated alkanes) is 2. The highest BCUT2D eigenvalue weighted by atomic mass is 16.2. The highest BCUT2D eigenvalue weighted by molar-refractivity contribution is 5.97. The van der Waals surface area contributed by atoms with Gasteiger partial charge in [-0.05, 0) is 19.3 Å². The van der Waals surface area contributed by atoms with Crippen molar-refractivity contribution < 1.29 is 9.59 Å². The summed E-state index contributed by atoms with van der Waals surface area (Å²) >= 11 is 0. The van der Waals surface area contributed by atoms with E-state index in [1.54, 1.807) is 4.90 Å². The number of rotatable bonds is 4. The Labute approximate surface area is 96.4 Å². The second-order valence-electron chi connectivity index (χ2n) is 4.75. The van der Waals surface area contributed by atoms with Crippen molar-refractivity contribution in [1.29, 1.82) is 0 Å². The number of hydrogen-bond donors (Lipinski definition) is 1. The Kier molecular flexibility index (Phi) is 3.46. The number of fused-ring (bicyclic) bond motifs is 1. The molecule has 2 atom stereocenters. The van der Waals surface area contributed by atoms with Gasteiger partial charge in [0, 0.05) is 6.54 Å². The van der Waals surface area contributed by atoms with Crippen LogP contribution in [-0.2, 0) is 9.59 Å². The Morgan fingerprint density at radius 2 is 2.19 bits per heavy atom. The number of amides is 2. The molecule has 0 radical (unpaired) electrons. The molecule has 4 heteroatoms. The summed E-state index contributed by atoms with van der Waals surface area (Å²) in [7, 11) is 0. The van der Waals surface area contributed by atoms with E-state index in [-0.39, 0.29) is 23.9 Å². The molecule has 0 spiro atoms. The molecule has 2 fully saturated rings. The van der Waals surface area contributed by atoms with Crippen LogP contribution in [0.2, 0.25) is 0 Å². The molecule has 0 aliphatic carbocycles. The van der Waals surface area contributed by atoms with Crippen LogP contribution in [0.25, 0.3) is 0 Å². The fourth-order valence-electron chi connectivity index (χ4n) is 2.63. The van der Waals surface area contributed by atoms with Gasteiger partial charge in [-0.3, -0.25) is 9.59 Å². The second kappa shape index (κ2) is 4.85. The van der Waals surface area contributed by atoms with Gasteiger partial charge < -0.3 is 10.2 Å². The second-order valence-corrected chi connectivity index (χ2v) is 4.75. The van der Waals surface area contributed by atoms with Crippen LogP contribution in [0.1, 0.15) is 45.4 Å². The SMILES string of the molecule is CCCCC[C@@H]1NC(=O)C2CCCN2C1=O. The van der Waals surface area contributed by atoms with Crippen LogP contribution in [0.3, 0.4) is 0 Å². The number of nitrogens with one attached hydrogen (secondary N) is 1. The molecule has 16 heavy (non-hydrogen) atoms. The molecule has 2 amide bonds. The number of carbonyl (C=O) groups excluding carboxylic acids is 2. The summed E-state index contributed by atoms with van der Waals surface area (Å²) in [6, 6.07) is -0.427. The average Bonchev–Trinajstić information content (AvgIpc) is 2.75. The molecule has 0 bridgehead atoms. The van der Waals surface area contributed by atoms with Crippen LogP contribution >= 0.6 is 0 Å². The minimum absolute atomic E-state index is 0.0543. The molecule has 1 N–H and O–H groups in total. The third-order valence-electron chi connectivity index (χ3n) is 3.55. The number of piperazine rings is 1. The van der Waals surface area contributed by atoms with Crippen LogP contribution in [0.5, 0.6) is 0 Å². The summed E-state index contributed by atoms with van der Waals surface area (Å²) in [6.07, 6.45) is 5.88. The molecule has 0 aromatic rings. The van der Waals surface area contributed by atoms with Gasteiger partial charge in [0.25, 0.3) is 0 Å². The van der Waals surface area contributed by atoms with Gasteiger partial charge in [-0.25, -0.2) is 0 Å². The summed E-state index contributed by atoms with van der Waals surface area (Å²) in [5.41, 5.74) is 0. The van der Waals surface area contributed by atoms with Crippen molar-refractivity contribution in [1.82, 2.24) is 10.2 Å². The van der Waals surface area contributed by atoms with E-state index in [2.05, 4.69) is 12.2 Å². The van der Waals surface area contributed by atoms with Crippen LogP contribution in [0.4, 0.5) is 0 Å². The van der Waals surface area contributed by atoms with Gasteiger partial charge in [-0.2, -0.15) is 0 Å². The Morgan fingerprint density at radius 1 is 1.38 bits per heavy atom. The first-order valence-corrected chi connectivity index (χ1v) is 6.35. The van der Waals surface area contributed by atoms with Gasteiger partial charge in [-0.1, -0.05) is 26.2 Å². The Hall–Kier alpha value is -1.06. The number of hydrogen-bond acceptors (Lipinski definition) is 2. The molecule has 1 unspecified atom stereocenters. The zero-order valence-electron chi connectivity index (χ0n) is 9.87. The first kappa shape index (κ1) is 11.4. The predicted molar refractivity (Wildman–Crippen MR) is 60.8 cm³/mol. The molecular formula is C12H20N2O2. The molecule has 0 saturated carbocycles. The summed E-state index contributed by atoms with van der Waals surface area (Å²) in [6.45, 7) is 2.90. The van der Waals surface area contributed by atoms with Crippen LogP contribution < -0.4 is 5.32 Å². The molecule has 2 aliphatic rings. The number of nitrogens with zero attached hydrogens (tertiary/aromatic N) is 1. The van der Waals surface area contributed by atoms with Crippen molar-refractivity contribution in [3.05, 3.63) is 0 Å². The lowest BCUT2D eigenvalue weighted by Crippen LogP contribution is -2.60. The monoisotopic (exact) mass is 224 g/mol. The van der Waals surface area contributed by atoms with E-state index in [0.29, 0.717) is 0 Å². The fraction of sp³-hybridized carbons (Fsp3) is 0.833.